The Morgan fingerprint density at radius 1 is 1.00 bits per heavy atom. The molecule has 10 heteroatoms. The van der Waals surface area contributed by atoms with Crippen LogP contribution < -0.4 is 15.0 Å². The summed E-state index contributed by atoms with van der Waals surface area (Å²) in [4.78, 5) is 35.0. The highest BCUT2D eigenvalue weighted by Crippen LogP contribution is 2.29. The number of hydrogen-bond donors (Lipinski definition) is 1. The van der Waals surface area contributed by atoms with E-state index in [-0.39, 0.29) is 18.2 Å². The molecule has 2 aromatic carbocycles. The third-order valence-corrected chi connectivity index (χ3v) is 7.69. The Kier molecular flexibility index (Phi) is 9.96. The number of nitrogens with zero attached hydrogens (tertiary/aromatic N) is 4. The molecule has 2 aliphatic heterocycles. The molecule has 0 radical (unpaired) electrons. The number of nitrogens with one attached hydrogen (secondary N) is 1. The number of carbonyl (C=O) groups excluding carboxylic acids is 2. The number of hydrogen-bond acceptors (Lipinski definition) is 6. The summed E-state index contributed by atoms with van der Waals surface area (Å²) in [6, 6.07) is 13.6. The average molecular weight is 558 g/mol. The molecule has 2 aromatic rings. The number of carbonyl (C=O) groups is 2. The highest BCUT2D eigenvalue weighted by molar-refractivity contribution is 7.80. The Morgan fingerprint density at radius 2 is 1.66 bits per heavy atom. The van der Waals surface area contributed by atoms with Gasteiger partial charge >= 0.3 is 0 Å². The van der Waals surface area contributed by atoms with E-state index in [0.717, 1.165) is 51.4 Å². The van der Waals surface area contributed by atoms with Gasteiger partial charge in [0.25, 0.3) is 5.91 Å². The van der Waals surface area contributed by atoms with E-state index in [1.807, 2.05) is 24.0 Å². The number of rotatable bonds is 11. The molecule has 0 unspecified atom stereocenters. The predicted octanol–water partition coefficient (Wildman–Crippen LogP) is 4.10. The van der Waals surface area contributed by atoms with E-state index in [4.69, 9.17) is 28.6 Å². The molecule has 2 saturated heterocycles. The van der Waals surface area contributed by atoms with Crippen LogP contribution in [0.2, 0.25) is 5.02 Å². The number of likely N-dealkylation sites (N-methyl/N-ethyl adjacent to an activating group) is 1. The maximum absolute atomic E-state index is 13.6. The lowest BCUT2D eigenvalue weighted by Crippen LogP contribution is -2.47. The van der Waals surface area contributed by atoms with Gasteiger partial charge in [0.1, 0.15) is 11.8 Å². The molecule has 1 N–H and O–H groups in total. The van der Waals surface area contributed by atoms with Crippen LogP contribution in [0.4, 0.5) is 11.4 Å². The molecule has 0 bridgehead atoms. The van der Waals surface area contributed by atoms with Gasteiger partial charge < -0.3 is 24.8 Å². The largest absolute Gasteiger partial charge is 0.494 e. The number of amides is 2. The molecule has 38 heavy (non-hydrogen) atoms. The molecule has 0 aromatic heterocycles. The lowest BCUT2D eigenvalue weighted by molar-refractivity contribution is -0.124. The number of piperazine rings is 1. The summed E-state index contributed by atoms with van der Waals surface area (Å²) in [6.45, 7) is 11.5. The highest BCUT2D eigenvalue weighted by atomic mass is 35.5. The smallest absolute Gasteiger partial charge is 0.256 e. The van der Waals surface area contributed by atoms with E-state index in [9.17, 15) is 9.59 Å². The van der Waals surface area contributed by atoms with Crippen molar-refractivity contribution in [3.8, 4) is 5.75 Å². The fraction of sp³-hybridized carbons (Fsp3) is 0.464. The monoisotopic (exact) mass is 557 g/mol. The molecule has 2 amide bonds. The SMILES string of the molecule is CCOc1ccc(NC(=O)C[C@H]2C(=O)N(c3ccc(Cl)cc3)C(=S)N2CCCN2CCN(CC)CC2)cc1. The van der Waals surface area contributed by atoms with E-state index < -0.39 is 6.04 Å². The first-order chi connectivity index (χ1) is 18.4. The summed E-state index contributed by atoms with van der Waals surface area (Å²) in [5.74, 6) is 0.299. The minimum absolute atomic E-state index is 0.00541. The molecular formula is C28H36ClN5O3S. The van der Waals surface area contributed by atoms with Crippen molar-refractivity contribution in [2.45, 2.75) is 32.7 Å². The van der Waals surface area contributed by atoms with Crippen molar-refractivity contribution >= 4 is 52.1 Å². The molecular weight excluding hydrogens is 522 g/mol. The van der Waals surface area contributed by atoms with E-state index in [1.54, 1.807) is 36.4 Å². The van der Waals surface area contributed by atoms with Gasteiger partial charge in [-0.05, 0) is 87.2 Å². The fourth-order valence-electron chi connectivity index (χ4n) is 4.90. The average Bonchev–Trinajstić information content (AvgIpc) is 3.15. The number of anilines is 2. The van der Waals surface area contributed by atoms with E-state index >= 15 is 0 Å². The molecule has 0 aliphatic carbocycles. The van der Waals surface area contributed by atoms with Crippen molar-refractivity contribution in [1.29, 1.82) is 0 Å². The Labute approximate surface area is 235 Å². The van der Waals surface area contributed by atoms with Crippen LogP contribution in [0.5, 0.6) is 5.75 Å². The van der Waals surface area contributed by atoms with Gasteiger partial charge in [-0.25, -0.2) is 0 Å². The molecule has 4 rings (SSSR count). The second-order valence-electron chi connectivity index (χ2n) is 9.48. The normalized spacial score (nSPS) is 18.8. The van der Waals surface area contributed by atoms with Gasteiger partial charge in [0, 0.05) is 43.4 Å². The van der Waals surface area contributed by atoms with Gasteiger partial charge in [0.2, 0.25) is 5.91 Å². The van der Waals surface area contributed by atoms with Crippen molar-refractivity contribution < 1.29 is 14.3 Å². The minimum Gasteiger partial charge on any atom is -0.494 e. The van der Waals surface area contributed by atoms with Gasteiger partial charge in [0.05, 0.1) is 18.7 Å². The highest BCUT2D eigenvalue weighted by Gasteiger charge is 2.43. The molecule has 2 heterocycles. The zero-order valence-corrected chi connectivity index (χ0v) is 23.6. The van der Waals surface area contributed by atoms with Crippen molar-refractivity contribution in [2.24, 2.45) is 0 Å². The lowest BCUT2D eigenvalue weighted by Gasteiger charge is -2.34. The summed E-state index contributed by atoms with van der Waals surface area (Å²) in [7, 11) is 0. The molecule has 2 aliphatic rings. The topological polar surface area (TPSA) is 68.4 Å². The predicted molar refractivity (Wildman–Crippen MR) is 156 cm³/mol. The maximum atomic E-state index is 13.6. The van der Waals surface area contributed by atoms with E-state index in [2.05, 4.69) is 22.0 Å². The number of ether oxygens (including phenoxy) is 1. The number of benzene rings is 2. The van der Waals surface area contributed by atoms with Crippen molar-refractivity contribution in [3.05, 3.63) is 53.6 Å². The summed E-state index contributed by atoms with van der Waals surface area (Å²) in [5, 5.41) is 3.91. The Hall–Kier alpha value is -2.72. The van der Waals surface area contributed by atoms with Crippen LogP contribution in [-0.4, -0.2) is 90.1 Å². The van der Waals surface area contributed by atoms with Gasteiger partial charge in [-0.15, -0.1) is 0 Å². The third kappa shape index (κ3) is 7.02. The van der Waals surface area contributed by atoms with Gasteiger partial charge in [-0.1, -0.05) is 18.5 Å². The van der Waals surface area contributed by atoms with Crippen LogP contribution in [0.15, 0.2) is 48.5 Å². The van der Waals surface area contributed by atoms with Gasteiger partial charge in [0.15, 0.2) is 5.11 Å². The standard InChI is InChI=1S/C28H36ClN5O3S/c1-3-31-16-18-32(19-17-31)14-5-15-33-25(20-26(35)30-22-8-12-24(13-9-22)37-4-2)27(36)34(28(33)38)23-10-6-21(29)7-11-23/h6-13,25H,3-5,14-20H2,1-2H3,(H,30,35)/t25-/m0/s1. The first-order valence-corrected chi connectivity index (χ1v) is 14.1. The molecule has 8 nitrogen and oxygen atoms in total. The summed E-state index contributed by atoms with van der Waals surface area (Å²) < 4.78 is 5.47. The fourth-order valence-corrected chi connectivity index (χ4v) is 5.44. The number of thiocarbonyl (C=S) groups is 1. The quantitative estimate of drug-likeness (QED) is 0.417. The lowest BCUT2D eigenvalue weighted by atomic mass is 10.1. The van der Waals surface area contributed by atoms with E-state index in [1.165, 1.54) is 4.90 Å². The van der Waals surface area contributed by atoms with Crippen LogP contribution in [0.1, 0.15) is 26.7 Å². The van der Waals surface area contributed by atoms with Crippen LogP contribution in [0, 0.1) is 0 Å². The number of halogens is 1. The van der Waals surface area contributed by atoms with Crippen molar-refractivity contribution in [2.75, 3.05) is 62.6 Å². The van der Waals surface area contributed by atoms with Gasteiger partial charge in [-0.3, -0.25) is 14.5 Å². The first kappa shape index (κ1) is 28.3. The molecule has 0 spiro atoms. The Morgan fingerprint density at radius 3 is 2.29 bits per heavy atom. The van der Waals surface area contributed by atoms with Crippen LogP contribution in [0.3, 0.4) is 0 Å². The maximum Gasteiger partial charge on any atom is 0.256 e. The molecule has 1 atom stereocenters. The first-order valence-electron chi connectivity index (χ1n) is 13.3. The van der Waals surface area contributed by atoms with Crippen LogP contribution >= 0.6 is 23.8 Å². The van der Waals surface area contributed by atoms with Crippen LogP contribution in [0.25, 0.3) is 0 Å². The summed E-state index contributed by atoms with van der Waals surface area (Å²) >= 11 is 11.9. The Balaban J connectivity index is 1.43. The molecule has 204 valence electrons. The van der Waals surface area contributed by atoms with Crippen LogP contribution in [-0.2, 0) is 9.59 Å². The van der Waals surface area contributed by atoms with E-state index in [0.29, 0.717) is 34.7 Å². The second-order valence-corrected chi connectivity index (χ2v) is 10.3. The van der Waals surface area contributed by atoms with Gasteiger partial charge in [-0.2, -0.15) is 0 Å². The van der Waals surface area contributed by atoms with Crippen molar-refractivity contribution in [3.63, 3.8) is 0 Å². The zero-order valence-electron chi connectivity index (χ0n) is 22.1. The Bertz CT molecular complexity index is 1110. The minimum atomic E-state index is -0.669. The summed E-state index contributed by atoms with van der Waals surface area (Å²) in [5.41, 5.74) is 1.30. The second kappa shape index (κ2) is 13.4. The molecule has 2 fully saturated rings. The molecule has 0 saturated carbocycles. The summed E-state index contributed by atoms with van der Waals surface area (Å²) in [6.07, 6.45) is 0.858. The zero-order chi connectivity index (χ0) is 27.1. The van der Waals surface area contributed by atoms with Crippen molar-refractivity contribution in [1.82, 2.24) is 14.7 Å². The third-order valence-electron chi connectivity index (χ3n) is 7.02.